The molecule has 1 fully saturated rings. The Morgan fingerprint density at radius 3 is 2.44 bits per heavy atom. The predicted octanol–water partition coefficient (Wildman–Crippen LogP) is 4.74. The van der Waals surface area contributed by atoms with Crippen LogP contribution in [0.1, 0.15) is 37.0 Å². The van der Waals surface area contributed by atoms with Crippen LogP contribution in [0.5, 0.6) is 0 Å². The Morgan fingerprint density at radius 2 is 1.84 bits per heavy atom. The summed E-state index contributed by atoms with van der Waals surface area (Å²) in [5.41, 5.74) is 5.99. The van der Waals surface area contributed by atoms with Crippen LogP contribution in [0.3, 0.4) is 0 Å². The molecule has 3 heterocycles. The van der Waals surface area contributed by atoms with Crippen molar-refractivity contribution >= 4 is 27.7 Å². The summed E-state index contributed by atoms with van der Waals surface area (Å²) < 4.78 is 37.0. The zero-order valence-electron chi connectivity index (χ0n) is 25.1. The molecule has 11 nitrogen and oxygen atoms in total. The van der Waals surface area contributed by atoms with E-state index in [-0.39, 0.29) is 23.0 Å². The summed E-state index contributed by atoms with van der Waals surface area (Å²) in [6.45, 7) is 9.38. The van der Waals surface area contributed by atoms with E-state index in [4.69, 9.17) is 9.29 Å². The molecule has 43 heavy (non-hydrogen) atoms. The molecule has 0 aliphatic carbocycles. The van der Waals surface area contributed by atoms with Gasteiger partial charge in [0, 0.05) is 44.5 Å². The van der Waals surface area contributed by atoms with E-state index in [9.17, 15) is 13.2 Å². The molecule has 0 saturated carbocycles. The maximum absolute atomic E-state index is 12.5. The molecule has 0 unspecified atom stereocenters. The van der Waals surface area contributed by atoms with Gasteiger partial charge in [0.15, 0.2) is 0 Å². The van der Waals surface area contributed by atoms with E-state index in [1.54, 1.807) is 29.2 Å². The topological polar surface area (TPSA) is 140 Å². The summed E-state index contributed by atoms with van der Waals surface area (Å²) >= 11 is 0. The molecule has 1 saturated heterocycles. The minimum absolute atomic E-state index is 0.0666. The van der Waals surface area contributed by atoms with E-state index in [2.05, 4.69) is 45.5 Å². The van der Waals surface area contributed by atoms with Gasteiger partial charge in [-0.2, -0.15) is 13.5 Å². The molecular weight excluding hydrogens is 568 g/mol. The summed E-state index contributed by atoms with van der Waals surface area (Å²) in [5, 5.41) is 7.32. The number of hydrogen-bond donors (Lipinski definition) is 2. The molecule has 1 aliphatic heterocycles. The van der Waals surface area contributed by atoms with Crippen molar-refractivity contribution in [2.75, 3.05) is 18.4 Å². The number of nitrogens with one attached hydrogen (secondary N) is 1. The summed E-state index contributed by atoms with van der Waals surface area (Å²) in [6, 6.07) is 14.1. The van der Waals surface area contributed by atoms with Crippen molar-refractivity contribution < 1.29 is 22.5 Å². The molecular formula is C31H38N6O5S. The Bertz CT molecular complexity index is 1650. The average molecular weight is 607 g/mol. The summed E-state index contributed by atoms with van der Waals surface area (Å²) in [5.74, 6) is 0.719. The lowest BCUT2D eigenvalue weighted by molar-refractivity contribution is -0.148. The molecule has 2 N–H and O–H groups in total. The molecule has 12 heteroatoms. The van der Waals surface area contributed by atoms with Crippen molar-refractivity contribution in [3.8, 4) is 11.3 Å². The SMILES string of the molecule is Cc1cc(-c2ccnc(Nc3cnn(C)c3)n2)ccc1CCC(=O)N1CC(OC(C)C)C1.Cc1ccc(S(=O)(=O)O)cc1. The highest BCUT2D eigenvalue weighted by atomic mass is 32.2. The second-order valence-corrected chi connectivity index (χ2v) is 12.2. The fourth-order valence-electron chi connectivity index (χ4n) is 4.55. The summed E-state index contributed by atoms with van der Waals surface area (Å²) in [7, 11) is -2.16. The molecule has 5 rings (SSSR count). The molecule has 0 bridgehead atoms. The number of rotatable bonds is 9. The van der Waals surface area contributed by atoms with Gasteiger partial charge in [-0.1, -0.05) is 29.8 Å². The minimum Gasteiger partial charge on any atom is -0.372 e. The number of aromatic nitrogens is 4. The molecule has 1 aliphatic rings. The fourth-order valence-corrected chi connectivity index (χ4v) is 5.03. The molecule has 0 atom stereocenters. The molecule has 4 aromatic rings. The second-order valence-electron chi connectivity index (χ2n) is 10.8. The van der Waals surface area contributed by atoms with Crippen molar-refractivity contribution in [1.82, 2.24) is 24.6 Å². The van der Waals surface area contributed by atoms with Crippen LogP contribution in [-0.4, -0.2) is 68.8 Å². The number of anilines is 2. The van der Waals surface area contributed by atoms with Crippen LogP contribution in [0.4, 0.5) is 11.6 Å². The Labute approximate surface area is 252 Å². The normalized spacial score (nSPS) is 13.3. The number of ether oxygens (including phenoxy) is 1. The van der Waals surface area contributed by atoms with E-state index >= 15 is 0 Å². The van der Waals surface area contributed by atoms with Gasteiger partial charge in [0.2, 0.25) is 11.9 Å². The van der Waals surface area contributed by atoms with Crippen LogP contribution in [0.15, 0.2) is 72.0 Å². The maximum Gasteiger partial charge on any atom is 0.294 e. The highest BCUT2D eigenvalue weighted by Gasteiger charge is 2.31. The Hall–Kier alpha value is -4.13. The van der Waals surface area contributed by atoms with Gasteiger partial charge in [0.05, 0.1) is 34.7 Å². The van der Waals surface area contributed by atoms with Crippen molar-refractivity contribution in [1.29, 1.82) is 0 Å². The van der Waals surface area contributed by atoms with Gasteiger partial charge in [-0.15, -0.1) is 0 Å². The van der Waals surface area contributed by atoms with E-state index in [0.717, 1.165) is 34.5 Å². The van der Waals surface area contributed by atoms with E-state index in [1.807, 2.05) is 45.0 Å². The smallest absolute Gasteiger partial charge is 0.294 e. The van der Waals surface area contributed by atoms with Crippen LogP contribution in [0.25, 0.3) is 11.3 Å². The Morgan fingerprint density at radius 1 is 1.12 bits per heavy atom. The first-order valence-corrected chi connectivity index (χ1v) is 15.5. The second kappa shape index (κ2) is 13.9. The molecule has 2 aromatic heterocycles. The zero-order chi connectivity index (χ0) is 31.1. The van der Waals surface area contributed by atoms with Gasteiger partial charge in [-0.3, -0.25) is 14.0 Å². The maximum atomic E-state index is 12.5. The van der Waals surface area contributed by atoms with Crippen molar-refractivity contribution in [3.05, 3.63) is 83.8 Å². The number of benzene rings is 2. The lowest BCUT2D eigenvalue weighted by atomic mass is 9.99. The standard InChI is InChI=1S/C24H30N6O2.C7H8O3S/c1-16(2)32-21-14-30(15-21)23(31)8-7-18-5-6-19(11-17(18)3)22-9-10-25-24(28-22)27-20-12-26-29(4)13-20;1-6-2-4-7(5-3-6)11(8,9)10/h5-6,9-13,16,21H,7-8,14-15H2,1-4H3,(H,25,27,28);2-5H,1H3,(H,8,9,10). The quantitative estimate of drug-likeness (QED) is 0.259. The number of hydrogen-bond acceptors (Lipinski definition) is 8. The van der Waals surface area contributed by atoms with Gasteiger partial charge in [-0.05, 0) is 69.5 Å². The third-order valence-electron chi connectivity index (χ3n) is 6.85. The van der Waals surface area contributed by atoms with E-state index in [0.29, 0.717) is 25.5 Å². The van der Waals surface area contributed by atoms with Crippen LogP contribution in [0, 0.1) is 13.8 Å². The lowest BCUT2D eigenvalue weighted by Crippen LogP contribution is -2.55. The molecule has 1 amide bonds. The Balaban J connectivity index is 0.000000324. The highest BCUT2D eigenvalue weighted by molar-refractivity contribution is 7.85. The van der Waals surface area contributed by atoms with Crippen molar-refractivity contribution in [2.24, 2.45) is 7.05 Å². The number of likely N-dealkylation sites (tertiary alicyclic amines) is 1. The summed E-state index contributed by atoms with van der Waals surface area (Å²) in [4.78, 5) is 23.2. The van der Waals surface area contributed by atoms with Crippen LogP contribution < -0.4 is 5.32 Å². The summed E-state index contributed by atoms with van der Waals surface area (Å²) in [6.07, 6.45) is 6.98. The van der Waals surface area contributed by atoms with E-state index in [1.165, 1.54) is 17.7 Å². The monoisotopic (exact) mass is 606 g/mol. The van der Waals surface area contributed by atoms with Crippen LogP contribution in [0.2, 0.25) is 0 Å². The van der Waals surface area contributed by atoms with Crippen LogP contribution in [-0.2, 0) is 33.1 Å². The van der Waals surface area contributed by atoms with Gasteiger partial charge in [0.1, 0.15) is 0 Å². The first kappa shape index (κ1) is 31.8. The predicted molar refractivity (Wildman–Crippen MR) is 165 cm³/mol. The number of carbonyl (C=O) groups excluding carboxylic acids is 1. The average Bonchev–Trinajstić information content (AvgIpc) is 3.34. The van der Waals surface area contributed by atoms with Crippen LogP contribution >= 0.6 is 0 Å². The van der Waals surface area contributed by atoms with E-state index < -0.39 is 10.1 Å². The van der Waals surface area contributed by atoms with Gasteiger partial charge in [-0.25, -0.2) is 9.97 Å². The van der Waals surface area contributed by atoms with Crippen molar-refractivity contribution in [3.63, 3.8) is 0 Å². The third-order valence-corrected chi connectivity index (χ3v) is 7.72. The number of nitrogens with zero attached hydrogens (tertiary/aromatic N) is 5. The zero-order valence-corrected chi connectivity index (χ0v) is 25.9. The first-order valence-electron chi connectivity index (χ1n) is 14.0. The van der Waals surface area contributed by atoms with Gasteiger partial charge >= 0.3 is 0 Å². The lowest BCUT2D eigenvalue weighted by Gasteiger charge is -2.40. The number of amides is 1. The van der Waals surface area contributed by atoms with Gasteiger partial charge in [0.25, 0.3) is 10.1 Å². The Kier molecular flexibility index (Phi) is 10.3. The van der Waals surface area contributed by atoms with Gasteiger partial charge < -0.3 is 15.0 Å². The molecule has 2 aromatic carbocycles. The highest BCUT2D eigenvalue weighted by Crippen LogP contribution is 2.24. The molecule has 0 spiro atoms. The number of carbonyl (C=O) groups is 1. The number of aryl methyl sites for hydroxylation is 4. The fraction of sp³-hybridized carbons (Fsp3) is 0.355. The molecule has 228 valence electrons. The minimum atomic E-state index is -4.02. The first-order chi connectivity index (χ1) is 20.4. The van der Waals surface area contributed by atoms with Crippen molar-refractivity contribution in [2.45, 2.75) is 57.6 Å². The largest absolute Gasteiger partial charge is 0.372 e. The third kappa shape index (κ3) is 9.18. The molecule has 0 radical (unpaired) electrons.